The first-order chi connectivity index (χ1) is 8.03. The van der Waals surface area contributed by atoms with E-state index in [1.165, 1.54) is 12.8 Å². The number of nitrogens with zero attached hydrogens (tertiary/aromatic N) is 1. The van der Waals surface area contributed by atoms with Gasteiger partial charge in [0.15, 0.2) is 0 Å². The van der Waals surface area contributed by atoms with Crippen LogP contribution in [-0.2, 0) is 6.54 Å². The summed E-state index contributed by atoms with van der Waals surface area (Å²) >= 11 is 6.32. The highest BCUT2D eigenvalue weighted by Gasteiger charge is 2.27. The smallest absolute Gasteiger partial charge is 0.0642 e. The van der Waals surface area contributed by atoms with Crippen molar-refractivity contribution in [2.24, 2.45) is 11.1 Å². The van der Waals surface area contributed by atoms with E-state index in [-0.39, 0.29) is 0 Å². The predicted molar refractivity (Wildman–Crippen MR) is 74.6 cm³/mol. The Hall–Kier alpha value is -0.730. The first-order valence-electron chi connectivity index (χ1n) is 6.26. The van der Waals surface area contributed by atoms with Crippen LogP contribution in [0.15, 0.2) is 18.2 Å². The first-order valence-corrected chi connectivity index (χ1v) is 6.64. The van der Waals surface area contributed by atoms with Crippen molar-refractivity contribution < 1.29 is 0 Å². The van der Waals surface area contributed by atoms with E-state index in [0.717, 1.165) is 29.4 Å². The van der Waals surface area contributed by atoms with Gasteiger partial charge in [-0.05, 0) is 29.9 Å². The summed E-state index contributed by atoms with van der Waals surface area (Å²) in [5, 5.41) is 0.827. The second kappa shape index (κ2) is 4.87. The summed E-state index contributed by atoms with van der Waals surface area (Å²) in [7, 11) is 0. The van der Waals surface area contributed by atoms with Crippen molar-refractivity contribution in [3.05, 3.63) is 28.8 Å². The normalized spacial score (nSPS) is 19.4. The molecule has 1 aromatic carbocycles. The molecule has 0 amide bonds. The van der Waals surface area contributed by atoms with Crippen LogP contribution in [0, 0.1) is 5.41 Å². The number of benzene rings is 1. The molecule has 0 unspecified atom stereocenters. The van der Waals surface area contributed by atoms with E-state index < -0.39 is 0 Å². The summed E-state index contributed by atoms with van der Waals surface area (Å²) in [5.41, 5.74) is 8.55. The lowest BCUT2D eigenvalue weighted by Crippen LogP contribution is -2.38. The van der Waals surface area contributed by atoms with Crippen LogP contribution < -0.4 is 10.6 Å². The van der Waals surface area contributed by atoms with Crippen molar-refractivity contribution in [2.45, 2.75) is 33.2 Å². The fourth-order valence-corrected chi connectivity index (χ4v) is 2.73. The fourth-order valence-electron chi connectivity index (χ4n) is 2.41. The van der Waals surface area contributed by atoms with Gasteiger partial charge in [-0.25, -0.2) is 0 Å². The molecule has 1 saturated heterocycles. The molecule has 0 spiro atoms. The average molecular weight is 253 g/mol. The number of piperidine rings is 1. The molecule has 2 nitrogen and oxygen atoms in total. The number of anilines is 1. The topological polar surface area (TPSA) is 29.3 Å². The number of hydrogen-bond donors (Lipinski definition) is 1. The van der Waals surface area contributed by atoms with Crippen molar-refractivity contribution in [3.8, 4) is 0 Å². The van der Waals surface area contributed by atoms with E-state index in [2.05, 4.69) is 24.8 Å². The SMILES string of the molecule is CC1(C)CCN(c2c(Cl)cccc2CN)CC1. The van der Waals surface area contributed by atoms with Crippen LogP contribution in [0.5, 0.6) is 0 Å². The Balaban J connectivity index is 2.23. The minimum Gasteiger partial charge on any atom is -0.370 e. The molecular formula is C14H21ClN2. The summed E-state index contributed by atoms with van der Waals surface area (Å²) in [6.45, 7) is 7.37. The summed E-state index contributed by atoms with van der Waals surface area (Å²) < 4.78 is 0. The van der Waals surface area contributed by atoms with Crippen molar-refractivity contribution in [1.29, 1.82) is 0 Å². The molecular weight excluding hydrogens is 232 g/mol. The second-order valence-corrected chi connectivity index (χ2v) is 6.01. The molecule has 0 radical (unpaired) electrons. The van der Waals surface area contributed by atoms with Gasteiger partial charge in [0, 0.05) is 19.6 Å². The van der Waals surface area contributed by atoms with Gasteiger partial charge in [-0.2, -0.15) is 0 Å². The number of halogens is 1. The van der Waals surface area contributed by atoms with Crippen LogP contribution in [0.25, 0.3) is 0 Å². The maximum Gasteiger partial charge on any atom is 0.0642 e. The van der Waals surface area contributed by atoms with Crippen LogP contribution in [0.4, 0.5) is 5.69 Å². The van der Waals surface area contributed by atoms with E-state index in [9.17, 15) is 0 Å². The average Bonchev–Trinajstić information content (AvgIpc) is 2.29. The molecule has 0 bridgehead atoms. The lowest BCUT2D eigenvalue weighted by molar-refractivity contribution is 0.279. The van der Waals surface area contributed by atoms with Crippen LogP contribution in [0.2, 0.25) is 5.02 Å². The zero-order valence-corrected chi connectivity index (χ0v) is 11.4. The number of hydrogen-bond acceptors (Lipinski definition) is 2. The van der Waals surface area contributed by atoms with Crippen LogP contribution >= 0.6 is 11.6 Å². The zero-order valence-electron chi connectivity index (χ0n) is 10.7. The molecule has 0 saturated carbocycles. The molecule has 0 aromatic heterocycles. The van der Waals surface area contributed by atoms with Gasteiger partial charge in [-0.1, -0.05) is 37.6 Å². The Labute approximate surface area is 109 Å². The summed E-state index contributed by atoms with van der Waals surface area (Å²) in [6.07, 6.45) is 2.42. The third kappa shape index (κ3) is 2.75. The molecule has 17 heavy (non-hydrogen) atoms. The summed E-state index contributed by atoms with van der Waals surface area (Å²) in [4.78, 5) is 2.38. The molecule has 0 atom stereocenters. The van der Waals surface area contributed by atoms with Gasteiger partial charge in [0.2, 0.25) is 0 Å². The van der Waals surface area contributed by atoms with Crippen LogP contribution in [0.3, 0.4) is 0 Å². The Kier molecular flexibility index (Phi) is 3.64. The highest BCUT2D eigenvalue weighted by Crippen LogP contribution is 2.36. The van der Waals surface area contributed by atoms with Crippen molar-refractivity contribution >= 4 is 17.3 Å². The van der Waals surface area contributed by atoms with Gasteiger partial charge in [-0.3, -0.25) is 0 Å². The maximum absolute atomic E-state index is 6.32. The lowest BCUT2D eigenvalue weighted by Gasteiger charge is -2.39. The zero-order chi connectivity index (χ0) is 12.5. The monoisotopic (exact) mass is 252 g/mol. The quantitative estimate of drug-likeness (QED) is 0.874. The minimum atomic E-state index is 0.459. The fraction of sp³-hybridized carbons (Fsp3) is 0.571. The second-order valence-electron chi connectivity index (χ2n) is 5.60. The molecule has 2 N–H and O–H groups in total. The van der Waals surface area contributed by atoms with E-state index in [1.807, 2.05) is 12.1 Å². The minimum absolute atomic E-state index is 0.459. The van der Waals surface area contributed by atoms with Gasteiger partial charge < -0.3 is 10.6 Å². The molecule has 1 fully saturated rings. The third-order valence-corrected chi connectivity index (χ3v) is 4.03. The highest BCUT2D eigenvalue weighted by molar-refractivity contribution is 6.33. The Bertz CT molecular complexity index is 391. The van der Waals surface area contributed by atoms with Gasteiger partial charge in [0.1, 0.15) is 0 Å². The standard InChI is InChI=1S/C14H21ClN2/c1-14(2)6-8-17(9-7-14)13-11(10-16)4-3-5-12(13)15/h3-5H,6-10,16H2,1-2H3. The third-order valence-electron chi connectivity index (χ3n) is 3.72. The summed E-state index contributed by atoms with van der Waals surface area (Å²) in [5.74, 6) is 0. The Morgan fingerprint density at radius 3 is 2.53 bits per heavy atom. The predicted octanol–water partition coefficient (Wildman–Crippen LogP) is 3.43. The molecule has 0 aliphatic carbocycles. The Morgan fingerprint density at radius 2 is 1.94 bits per heavy atom. The molecule has 1 heterocycles. The summed E-state index contributed by atoms with van der Waals surface area (Å²) in [6, 6.07) is 6.00. The van der Waals surface area contributed by atoms with E-state index in [4.69, 9.17) is 17.3 Å². The molecule has 1 aromatic rings. The number of para-hydroxylation sites is 1. The van der Waals surface area contributed by atoms with E-state index in [0.29, 0.717) is 12.0 Å². The van der Waals surface area contributed by atoms with Crippen LogP contribution in [0.1, 0.15) is 32.3 Å². The van der Waals surface area contributed by atoms with Gasteiger partial charge >= 0.3 is 0 Å². The van der Waals surface area contributed by atoms with E-state index in [1.54, 1.807) is 0 Å². The first kappa shape index (κ1) is 12.7. The van der Waals surface area contributed by atoms with Crippen molar-refractivity contribution in [2.75, 3.05) is 18.0 Å². The van der Waals surface area contributed by atoms with E-state index >= 15 is 0 Å². The molecule has 94 valence electrons. The molecule has 3 heteroatoms. The molecule has 1 aliphatic heterocycles. The Morgan fingerprint density at radius 1 is 1.29 bits per heavy atom. The number of nitrogens with two attached hydrogens (primary N) is 1. The lowest BCUT2D eigenvalue weighted by atomic mass is 9.82. The van der Waals surface area contributed by atoms with Gasteiger partial charge in [0.05, 0.1) is 10.7 Å². The largest absolute Gasteiger partial charge is 0.370 e. The molecule has 2 rings (SSSR count). The van der Waals surface area contributed by atoms with Gasteiger partial charge in [-0.15, -0.1) is 0 Å². The van der Waals surface area contributed by atoms with Crippen molar-refractivity contribution in [1.82, 2.24) is 0 Å². The maximum atomic E-state index is 6.32. The number of rotatable bonds is 2. The van der Waals surface area contributed by atoms with Crippen LogP contribution in [-0.4, -0.2) is 13.1 Å². The van der Waals surface area contributed by atoms with Crippen molar-refractivity contribution in [3.63, 3.8) is 0 Å². The highest BCUT2D eigenvalue weighted by atomic mass is 35.5. The van der Waals surface area contributed by atoms with Gasteiger partial charge in [0.25, 0.3) is 0 Å². The molecule has 1 aliphatic rings.